The van der Waals surface area contributed by atoms with Gasteiger partial charge in [-0.1, -0.05) is 110 Å². The second-order valence-corrected chi connectivity index (χ2v) is 10.3. The van der Waals surface area contributed by atoms with E-state index in [1.807, 2.05) is 60.6 Å². The second kappa shape index (κ2) is 27.9. The Hall–Kier alpha value is -4.03. The summed E-state index contributed by atoms with van der Waals surface area (Å²) in [6, 6.07) is 4.25. The van der Waals surface area contributed by atoms with Crippen LogP contribution in [0.15, 0.2) is 79.0 Å². The van der Waals surface area contributed by atoms with E-state index in [0.29, 0.717) is 13.2 Å². The van der Waals surface area contributed by atoms with Crippen molar-refractivity contribution in [3.63, 3.8) is 0 Å². The average molecular weight is 678 g/mol. The Balaban J connectivity index is 0. The monoisotopic (exact) mass is 678 g/mol. The molecule has 0 spiro atoms. The number of hydrogen-bond acceptors (Lipinski definition) is 5. The van der Waals surface area contributed by atoms with Crippen molar-refractivity contribution >= 4 is 11.5 Å². The minimum absolute atomic E-state index is 0.245. The highest BCUT2D eigenvalue weighted by Gasteiger charge is 2.26. The highest BCUT2D eigenvalue weighted by atomic mass is 16.5. The summed E-state index contributed by atoms with van der Waals surface area (Å²) in [7, 11) is 4.73. The van der Waals surface area contributed by atoms with Crippen molar-refractivity contribution in [2.24, 2.45) is 0 Å². The number of nitrogens with zero attached hydrogens (tertiary/aromatic N) is 1. The van der Waals surface area contributed by atoms with Crippen LogP contribution in [0.2, 0.25) is 0 Å². The summed E-state index contributed by atoms with van der Waals surface area (Å²) in [4.78, 5) is 9.59. The number of allylic oxidation sites excluding steroid dienone is 8. The maximum Gasteiger partial charge on any atom is 0.302 e. The van der Waals surface area contributed by atoms with Gasteiger partial charge in [0.25, 0.3) is 0 Å². The first-order valence-corrected chi connectivity index (χ1v) is 17.7. The van der Waals surface area contributed by atoms with Gasteiger partial charge in [-0.05, 0) is 74.4 Å². The van der Waals surface area contributed by atoms with Crippen LogP contribution in [0.1, 0.15) is 97.5 Å². The van der Waals surface area contributed by atoms with Crippen molar-refractivity contribution in [1.82, 2.24) is 4.57 Å². The van der Waals surface area contributed by atoms with Crippen LogP contribution in [0.4, 0.5) is 0 Å². The number of esters is 1. The average Bonchev–Trinajstić information content (AvgIpc) is 3.40. The molecule has 6 nitrogen and oxygen atoms in total. The lowest BCUT2D eigenvalue weighted by atomic mass is 9.93. The maximum absolute atomic E-state index is 9.59. The van der Waals surface area contributed by atoms with E-state index in [9.17, 15) is 4.79 Å². The minimum Gasteiger partial charge on any atom is -0.493 e. The fourth-order valence-corrected chi connectivity index (χ4v) is 5.09. The Kier molecular flexibility index (Phi) is 26.8. The standard InChI is InChI=1S/C34H43NO3.C3H6O2.3C2H6/c1-9-14-28(15-12-13-20-38-23-27(11-3)17-16-24(4)10-2)33-25(5)34-30-22-32(37-8)31(36-7)21-29(30)18-19-35(34)26(33)6;1-3(4)5-2;3*1-2/h9-10,12-14,16-17,21-22H,1-2,11,15,18-20,23H2,3-8H3;1-2H3;3*1-2H3/b13-12-,24-16-,27-17+,28-14+;;;;. The molecule has 1 aliphatic heterocycles. The molecule has 0 unspecified atom stereocenters. The molecule has 1 aromatic carbocycles. The van der Waals surface area contributed by atoms with E-state index in [0.717, 1.165) is 42.9 Å². The lowest BCUT2D eigenvalue weighted by Gasteiger charge is -2.23. The summed E-state index contributed by atoms with van der Waals surface area (Å²) in [6.07, 6.45) is 17.2. The molecule has 0 bridgehead atoms. The molecule has 3 rings (SSSR count). The third kappa shape index (κ3) is 15.0. The Bertz CT molecular complexity index is 1400. The molecule has 0 atom stereocenters. The Labute approximate surface area is 299 Å². The quantitative estimate of drug-likeness (QED) is 0.0914. The van der Waals surface area contributed by atoms with Crippen molar-refractivity contribution < 1.29 is 23.7 Å². The third-order valence-electron chi connectivity index (χ3n) is 7.53. The number of aromatic nitrogens is 1. The van der Waals surface area contributed by atoms with Gasteiger partial charge in [-0.25, -0.2) is 0 Å². The molecule has 0 amide bonds. The number of fused-ring (bicyclic) bond motifs is 3. The van der Waals surface area contributed by atoms with Crippen molar-refractivity contribution in [3.05, 3.63) is 101 Å². The van der Waals surface area contributed by atoms with Crippen LogP contribution >= 0.6 is 0 Å². The van der Waals surface area contributed by atoms with Crippen LogP contribution in [-0.2, 0) is 27.2 Å². The fourth-order valence-electron chi connectivity index (χ4n) is 5.09. The van der Waals surface area contributed by atoms with Gasteiger partial charge < -0.3 is 23.5 Å². The van der Waals surface area contributed by atoms with Crippen LogP contribution in [0, 0.1) is 13.8 Å². The minimum atomic E-state index is -0.245. The molecule has 2 heterocycles. The zero-order valence-electron chi connectivity index (χ0n) is 33.3. The van der Waals surface area contributed by atoms with Crippen LogP contribution in [-0.4, -0.2) is 45.1 Å². The van der Waals surface area contributed by atoms with Gasteiger partial charge in [0.2, 0.25) is 0 Å². The van der Waals surface area contributed by atoms with Crippen molar-refractivity contribution in [2.45, 2.75) is 102 Å². The van der Waals surface area contributed by atoms with E-state index < -0.39 is 0 Å². The predicted molar refractivity (Wildman–Crippen MR) is 213 cm³/mol. The first-order valence-electron chi connectivity index (χ1n) is 17.7. The Morgan fingerprint density at radius 1 is 0.898 bits per heavy atom. The van der Waals surface area contributed by atoms with E-state index in [2.05, 4.69) is 85.7 Å². The lowest BCUT2D eigenvalue weighted by Crippen LogP contribution is -2.12. The van der Waals surface area contributed by atoms with Gasteiger partial charge in [0, 0.05) is 30.3 Å². The largest absolute Gasteiger partial charge is 0.493 e. The van der Waals surface area contributed by atoms with E-state index in [1.165, 1.54) is 58.8 Å². The Morgan fingerprint density at radius 2 is 1.49 bits per heavy atom. The van der Waals surface area contributed by atoms with Crippen molar-refractivity contribution in [3.8, 4) is 22.8 Å². The first kappa shape index (κ1) is 47.1. The number of methoxy groups -OCH3 is 3. The van der Waals surface area contributed by atoms with Gasteiger partial charge in [-0.15, -0.1) is 0 Å². The number of aryl methyl sites for hydroxylation is 1. The third-order valence-corrected chi connectivity index (χ3v) is 7.53. The molecule has 2 aromatic rings. The molecule has 49 heavy (non-hydrogen) atoms. The summed E-state index contributed by atoms with van der Waals surface area (Å²) >= 11 is 0. The topological polar surface area (TPSA) is 58.9 Å². The molecule has 6 heteroatoms. The molecule has 0 saturated heterocycles. The summed E-state index contributed by atoms with van der Waals surface area (Å²) in [5, 5.41) is 0. The van der Waals surface area contributed by atoms with E-state index >= 15 is 0 Å². The second-order valence-electron chi connectivity index (χ2n) is 10.3. The van der Waals surface area contributed by atoms with Crippen LogP contribution < -0.4 is 9.47 Å². The molecule has 0 fully saturated rings. The lowest BCUT2D eigenvalue weighted by molar-refractivity contribution is -0.137. The smallest absolute Gasteiger partial charge is 0.302 e. The predicted octanol–water partition coefficient (Wildman–Crippen LogP) is 11.6. The molecule has 274 valence electrons. The maximum atomic E-state index is 9.59. The zero-order valence-corrected chi connectivity index (χ0v) is 33.3. The summed E-state index contributed by atoms with van der Waals surface area (Å²) in [5.74, 6) is 1.30. The summed E-state index contributed by atoms with van der Waals surface area (Å²) in [5.41, 5.74) is 11.3. The van der Waals surface area contributed by atoms with Gasteiger partial charge >= 0.3 is 5.97 Å². The SMILES string of the molecule is C=C/C=C(\C/C=C\COC/C(=C/C=C(/C)C=C)CC)c1c(C)c2n(c1C)CCc1cc(OC)c(OC)cc1-2.CC.CC.CC.COC(C)=O. The van der Waals surface area contributed by atoms with Gasteiger partial charge in [0.1, 0.15) is 0 Å². The molecular formula is C43H67NO5. The van der Waals surface area contributed by atoms with Gasteiger partial charge in [0.15, 0.2) is 11.5 Å². The molecule has 0 aliphatic carbocycles. The van der Waals surface area contributed by atoms with E-state index in [4.69, 9.17) is 14.2 Å². The summed E-state index contributed by atoms with van der Waals surface area (Å²) in [6.45, 7) is 32.0. The van der Waals surface area contributed by atoms with E-state index in [1.54, 1.807) is 14.2 Å². The summed E-state index contributed by atoms with van der Waals surface area (Å²) < 4.78 is 23.7. The normalized spacial score (nSPS) is 11.8. The molecule has 0 radical (unpaired) electrons. The van der Waals surface area contributed by atoms with Crippen LogP contribution in [0.3, 0.4) is 0 Å². The van der Waals surface area contributed by atoms with Crippen LogP contribution in [0.5, 0.6) is 11.5 Å². The number of carbonyl (C=O) groups is 1. The molecular weight excluding hydrogens is 610 g/mol. The molecule has 1 aliphatic rings. The molecule has 0 N–H and O–H groups in total. The zero-order chi connectivity index (χ0) is 37.9. The molecule has 1 aromatic heterocycles. The number of carbonyl (C=O) groups excluding carboxylic acids is 1. The van der Waals surface area contributed by atoms with Gasteiger partial charge in [-0.3, -0.25) is 4.79 Å². The highest BCUT2D eigenvalue weighted by molar-refractivity contribution is 5.82. The number of ether oxygens (including phenoxy) is 4. The van der Waals surface area contributed by atoms with Gasteiger partial charge in [-0.2, -0.15) is 0 Å². The van der Waals surface area contributed by atoms with Gasteiger partial charge in [0.05, 0.1) is 40.2 Å². The number of rotatable bonds is 13. The highest BCUT2D eigenvalue weighted by Crippen LogP contribution is 2.44. The fraction of sp³-hybridized carbons (Fsp3) is 0.465. The van der Waals surface area contributed by atoms with Crippen molar-refractivity contribution in [2.75, 3.05) is 34.5 Å². The van der Waals surface area contributed by atoms with E-state index in [-0.39, 0.29) is 5.97 Å². The van der Waals surface area contributed by atoms with Crippen LogP contribution in [0.25, 0.3) is 16.8 Å². The Morgan fingerprint density at radius 3 is 2.00 bits per heavy atom. The molecule has 0 saturated carbocycles. The number of benzene rings is 1. The van der Waals surface area contributed by atoms with Crippen molar-refractivity contribution in [1.29, 1.82) is 0 Å². The first-order chi connectivity index (χ1) is 23.7. The number of hydrogen-bond donors (Lipinski definition) is 0.